The van der Waals surface area contributed by atoms with Crippen molar-refractivity contribution in [2.75, 3.05) is 29.5 Å². The zero-order chi connectivity index (χ0) is 20.7. The Morgan fingerprint density at radius 3 is 2.36 bits per heavy atom. The van der Waals surface area contributed by atoms with Crippen LogP contribution in [0.1, 0.15) is 23.2 Å². The maximum Gasteiger partial charge on any atom is 0.339 e. The molecule has 2 aromatic rings. The number of carbonyl (C=O) groups is 2. The van der Waals surface area contributed by atoms with E-state index in [0.717, 1.165) is 6.26 Å². The van der Waals surface area contributed by atoms with Crippen LogP contribution in [0.3, 0.4) is 0 Å². The topological polar surface area (TPSA) is 92.8 Å². The second kappa shape index (κ2) is 9.57. The number of nitrogens with zero attached hydrogens (tertiary/aromatic N) is 1. The van der Waals surface area contributed by atoms with E-state index in [-0.39, 0.29) is 24.4 Å². The molecule has 0 aromatic heterocycles. The number of para-hydroxylation sites is 1. The average Bonchev–Trinajstić information content (AvgIpc) is 2.65. The average molecular weight is 425 g/mol. The molecule has 7 nitrogen and oxygen atoms in total. The largest absolute Gasteiger partial charge is 0.465 e. The lowest BCUT2D eigenvalue weighted by molar-refractivity contribution is -0.116. The van der Waals surface area contributed by atoms with Crippen LogP contribution in [0.5, 0.6) is 0 Å². The summed E-state index contributed by atoms with van der Waals surface area (Å²) in [6, 6.07) is 12.9. The Labute approximate surface area is 169 Å². The third-order valence-electron chi connectivity index (χ3n) is 3.89. The van der Waals surface area contributed by atoms with Crippen molar-refractivity contribution >= 4 is 44.9 Å². The van der Waals surface area contributed by atoms with E-state index in [4.69, 9.17) is 16.3 Å². The number of rotatable bonds is 8. The van der Waals surface area contributed by atoms with Gasteiger partial charge < -0.3 is 10.1 Å². The maximum absolute atomic E-state index is 12.2. The molecule has 0 heterocycles. The normalized spacial score (nSPS) is 11.0. The standard InChI is InChI=1S/C19H21ClN2O5S/c1-27-19(24)16-6-3-4-7-17(16)21-18(23)8-5-13-22(28(2,25)26)15-11-9-14(20)10-12-15/h3-4,6-7,9-12H,5,8,13H2,1-2H3,(H,21,23). The zero-order valence-electron chi connectivity index (χ0n) is 15.5. The van der Waals surface area contributed by atoms with Crippen molar-refractivity contribution in [3.63, 3.8) is 0 Å². The first-order valence-corrected chi connectivity index (χ1v) is 10.7. The molecule has 28 heavy (non-hydrogen) atoms. The summed E-state index contributed by atoms with van der Waals surface area (Å²) in [7, 11) is -2.25. The molecule has 0 aliphatic heterocycles. The molecule has 0 radical (unpaired) electrons. The molecule has 1 amide bonds. The number of ether oxygens (including phenoxy) is 1. The van der Waals surface area contributed by atoms with Crippen LogP contribution < -0.4 is 9.62 Å². The third-order valence-corrected chi connectivity index (χ3v) is 5.33. The van der Waals surface area contributed by atoms with Crippen LogP contribution in [0.25, 0.3) is 0 Å². The Kier molecular flexibility index (Phi) is 7.42. The van der Waals surface area contributed by atoms with Gasteiger partial charge >= 0.3 is 5.97 Å². The smallest absolute Gasteiger partial charge is 0.339 e. The Morgan fingerprint density at radius 1 is 1.11 bits per heavy atom. The van der Waals surface area contributed by atoms with Crippen LogP contribution in [0.15, 0.2) is 48.5 Å². The minimum atomic E-state index is -3.51. The highest BCUT2D eigenvalue weighted by Gasteiger charge is 2.18. The quantitative estimate of drug-likeness (QED) is 0.656. The van der Waals surface area contributed by atoms with Gasteiger partial charge in [0.15, 0.2) is 0 Å². The number of halogens is 1. The Balaban J connectivity index is 2.00. The van der Waals surface area contributed by atoms with Gasteiger partial charge in [0, 0.05) is 18.0 Å². The number of methoxy groups -OCH3 is 1. The predicted octanol–water partition coefficient (Wildman–Crippen LogP) is 3.31. The van der Waals surface area contributed by atoms with Gasteiger partial charge in [0.05, 0.1) is 30.3 Å². The minimum absolute atomic E-state index is 0.0785. The van der Waals surface area contributed by atoms with E-state index in [1.54, 1.807) is 48.5 Å². The van der Waals surface area contributed by atoms with E-state index in [1.165, 1.54) is 11.4 Å². The zero-order valence-corrected chi connectivity index (χ0v) is 17.1. The van der Waals surface area contributed by atoms with Crippen molar-refractivity contribution < 1.29 is 22.7 Å². The Morgan fingerprint density at radius 2 is 1.75 bits per heavy atom. The molecule has 0 bridgehead atoms. The van der Waals surface area contributed by atoms with E-state index in [9.17, 15) is 18.0 Å². The molecule has 0 spiro atoms. The second-order valence-electron chi connectivity index (χ2n) is 6.00. The number of amides is 1. The predicted molar refractivity (Wildman–Crippen MR) is 109 cm³/mol. The molecule has 0 saturated heterocycles. The fourth-order valence-corrected chi connectivity index (χ4v) is 3.66. The second-order valence-corrected chi connectivity index (χ2v) is 8.34. The molecule has 150 valence electrons. The number of hydrogen-bond donors (Lipinski definition) is 1. The van der Waals surface area contributed by atoms with Crippen LogP contribution >= 0.6 is 11.6 Å². The number of hydrogen-bond acceptors (Lipinski definition) is 5. The number of benzene rings is 2. The fraction of sp³-hybridized carbons (Fsp3) is 0.263. The van der Waals surface area contributed by atoms with Crippen molar-refractivity contribution in [3.05, 3.63) is 59.1 Å². The van der Waals surface area contributed by atoms with Crippen molar-refractivity contribution in [1.82, 2.24) is 0 Å². The highest BCUT2D eigenvalue weighted by molar-refractivity contribution is 7.92. The molecule has 0 fully saturated rings. The van der Waals surface area contributed by atoms with Crippen LogP contribution in [0, 0.1) is 0 Å². The SMILES string of the molecule is COC(=O)c1ccccc1NC(=O)CCCN(c1ccc(Cl)cc1)S(C)(=O)=O. The summed E-state index contributed by atoms with van der Waals surface area (Å²) in [4.78, 5) is 24.0. The molecule has 2 rings (SSSR count). The lowest BCUT2D eigenvalue weighted by atomic mass is 10.1. The van der Waals surface area contributed by atoms with Gasteiger partial charge in [-0.25, -0.2) is 13.2 Å². The van der Waals surface area contributed by atoms with Gasteiger partial charge in [-0.05, 0) is 42.8 Å². The van der Waals surface area contributed by atoms with Crippen LogP contribution in [-0.4, -0.2) is 40.2 Å². The first-order valence-electron chi connectivity index (χ1n) is 8.43. The third kappa shape index (κ3) is 5.97. The highest BCUT2D eigenvalue weighted by atomic mass is 35.5. The molecular formula is C19H21ClN2O5S. The van der Waals surface area contributed by atoms with Gasteiger partial charge in [-0.3, -0.25) is 9.10 Å². The Bertz CT molecular complexity index is 945. The minimum Gasteiger partial charge on any atom is -0.465 e. The number of carbonyl (C=O) groups excluding carboxylic acids is 2. The monoisotopic (exact) mass is 424 g/mol. The lowest BCUT2D eigenvalue weighted by Gasteiger charge is -2.22. The maximum atomic E-state index is 12.2. The molecule has 2 aromatic carbocycles. The van der Waals surface area contributed by atoms with Gasteiger partial charge in [0.1, 0.15) is 0 Å². The lowest BCUT2D eigenvalue weighted by Crippen LogP contribution is -2.31. The van der Waals surface area contributed by atoms with E-state index in [1.807, 2.05) is 0 Å². The summed E-state index contributed by atoms with van der Waals surface area (Å²) in [6.45, 7) is 0.131. The molecule has 0 atom stereocenters. The molecule has 0 unspecified atom stereocenters. The highest BCUT2D eigenvalue weighted by Crippen LogP contribution is 2.21. The first-order chi connectivity index (χ1) is 13.2. The Hall–Kier alpha value is -2.58. The van der Waals surface area contributed by atoms with Gasteiger partial charge in [-0.2, -0.15) is 0 Å². The molecule has 1 N–H and O–H groups in total. The van der Waals surface area contributed by atoms with Crippen molar-refractivity contribution in [2.24, 2.45) is 0 Å². The van der Waals surface area contributed by atoms with Crippen LogP contribution in [-0.2, 0) is 19.6 Å². The molecule has 0 aliphatic carbocycles. The first kappa shape index (κ1) is 21.7. The summed E-state index contributed by atoms with van der Waals surface area (Å²) in [6.07, 6.45) is 1.48. The number of anilines is 2. The number of nitrogens with one attached hydrogen (secondary N) is 1. The van der Waals surface area contributed by atoms with E-state index in [0.29, 0.717) is 22.8 Å². The van der Waals surface area contributed by atoms with Gasteiger partial charge in [-0.15, -0.1) is 0 Å². The van der Waals surface area contributed by atoms with Crippen LogP contribution in [0.2, 0.25) is 5.02 Å². The van der Waals surface area contributed by atoms with Gasteiger partial charge in [0.2, 0.25) is 15.9 Å². The van der Waals surface area contributed by atoms with Gasteiger partial charge in [0.25, 0.3) is 0 Å². The van der Waals surface area contributed by atoms with Crippen molar-refractivity contribution in [2.45, 2.75) is 12.8 Å². The van der Waals surface area contributed by atoms with Crippen molar-refractivity contribution in [1.29, 1.82) is 0 Å². The number of sulfonamides is 1. The summed E-state index contributed by atoms with van der Waals surface area (Å²) >= 11 is 5.85. The van der Waals surface area contributed by atoms with E-state index < -0.39 is 16.0 Å². The summed E-state index contributed by atoms with van der Waals surface area (Å²) in [5.41, 5.74) is 1.07. The van der Waals surface area contributed by atoms with Crippen LogP contribution in [0.4, 0.5) is 11.4 Å². The molecule has 0 aliphatic rings. The van der Waals surface area contributed by atoms with E-state index >= 15 is 0 Å². The summed E-state index contributed by atoms with van der Waals surface area (Å²) in [5.74, 6) is -0.886. The summed E-state index contributed by atoms with van der Waals surface area (Å²) < 4.78 is 30.1. The molecule has 0 saturated carbocycles. The summed E-state index contributed by atoms with van der Waals surface area (Å²) in [5, 5.41) is 3.16. The van der Waals surface area contributed by atoms with Crippen molar-refractivity contribution in [3.8, 4) is 0 Å². The molecular weight excluding hydrogens is 404 g/mol. The van der Waals surface area contributed by atoms with Gasteiger partial charge in [-0.1, -0.05) is 23.7 Å². The fourth-order valence-electron chi connectivity index (χ4n) is 2.57. The number of esters is 1. The molecule has 9 heteroatoms. The van der Waals surface area contributed by atoms with E-state index in [2.05, 4.69) is 5.32 Å².